The molecule has 0 spiro atoms. The molecule has 17 heavy (non-hydrogen) atoms. The van der Waals surface area contributed by atoms with E-state index in [2.05, 4.69) is 22.5 Å². The van der Waals surface area contributed by atoms with Gasteiger partial charge in [0.15, 0.2) is 0 Å². The number of nitrogens with zero attached hydrogens (tertiary/aromatic N) is 3. The van der Waals surface area contributed by atoms with E-state index >= 15 is 0 Å². The Bertz CT molecular complexity index is 592. The van der Waals surface area contributed by atoms with Crippen molar-refractivity contribution < 1.29 is 4.92 Å². The molecule has 3 rings (SSSR count). The van der Waals surface area contributed by atoms with Crippen LogP contribution in [0.25, 0.3) is 4.96 Å². The minimum Gasteiger partial charge on any atom is -0.360 e. The zero-order valence-corrected chi connectivity index (χ0v) is 9.68. The molecule has 0 saturated carbocycles. The zero-order valence-electron chi connectivity index (χ0n) is 8.87. The van der Waals surface area contributed by atoms with E-state index in [4.69, 9.17) is 0 Å². The first-order valence-corrected chi connectivity index (χ1v) is 6.15. The summed E-state index contributed by atoms with van der Waals surface area (Å²) in [5.74, 6) is 0.392. The van der Waals surface area contributed by atoms with Gasteiger partial charge in [-0.15, -0.1) is 0 Å². The van der Waals surface area contributed by atoms with E-state index in [1.54, 1.807) is 11.6 Å². The van der Waals surface area contributed by atoms with E-state index in [1.165, 1.54) is 15.7 Å². The summed E-state index contributed by atoms with van der Waals surface area (Å²) in [6.07, 6.45) is 7.59. The second-order valence-electron chi connectivity index (χ2n) is 3.88. The predicted molar refractivity (Wildman–Crippen MR) is 65.5 cm³/mol. The molecular weight excluding hydrogens is 240 g/mol. The molecule has 2 aromatic heterocycles. The fraction of sp³-hybridized carbons (Fsp3) is 0.300. The summed E-state index contributed by atoms with van der Waals surface area (Å²) >= 11 is 1.39. The van der Waals surface area contributed by atoms with Gasteiger partial charge in [-0.2, -0.15) is 9.38 Å². The van der Waals surface area contributed by atoms with Gasteiger partial charge in [-0.05, 0) is 17.8 Å². The minimum atomic E-state index is -0.391. The molecule has 6 nitrogen and oxygen atoms in total. The molecule has 1 aliphatic carbocycles. The molecule has 0 aliphatic heterocycles. The maximum atomic E-state index is 11.1. The Morgan fingerprint density at radius 3 is 3.00 bits per heavy atom. The van der Waals surface area contributed by atoms with E-state index in [-0.39, 0.29) is 11.9 Å². The summed E-state index contributed by atoms with van der Waals surface area (Å²) in [7, 11) is 0. The van der Waals surface area contributed by atoms with Crippen molar-refractivity contribution in [1.82, 2.24) is 9.38 Å². The lowest BCUT2D eigenvalue weighted by atomic mass is 10.2. The third-order valence-corrected chi connectivity index (χ3v) is 3.52. The summed E-state index contributed by atoms with van der Waals surface area (Å²) < 4.78 is 1.51. The topological polar surface area (TPSA) is 72.5 Å². The summed E-state index contributed by atoms with van der Waals surface area (Å²) in [6.45, 7) is 0. The van der Waals surface area contributed by atoms with E-state index < -0.39 is 4.92 Å². The van der Waals surface area contributed by atoms with Gasteiger partial charge in [0.1, 0.15) is 6.20 Å². The van der Waals surface area contributed by atoms with Gasteiger partial charge in [-0.1, -0.05) is 23.5 Å². The molecule has 0 atom stereocenters. The highest BCUT2D eigenvalue weighted by molar-refractivity contribution is 7.15. The Hall–Kier alpha value is -1.89. The molecule has 7 heteroatoms. The van der Waals surface area contributed by atoms with Gasteiger partial charge in [-0.3, -0.25) is 0 Å². The predicted octanol–water partition coefficient (Wildman–Crippen LogP) is 2.43. The highest BCUT2D eigenvalue weighted by atomic mass is 32.1. The number of anilines is 1. The number of aromatic nitrogens is 2. The molecule has 1 aliphatic rings. The molecule has 0 radical (unpaired) electrons. The lowest BCUT2D eigenvalue weighted by molar-refractivity contribution is -0.389. The van der Waals surface area contributed by atoms with Crippen LogP contribution >= 0.6 is 11.3 Å². The molecule has 1 N–H and O–H groups in total. The van der Waals surface area contributed by atoms with Crippen LogP contribution in [0, 0.1) is 10.1 Å². The van der Waals surface area contributed by atoms with Gasteiger partial charge in [0.25, 0.3) is 4.96 Å². The van der Waals surface area contributed by atoms with Crippen molar-refractivity contribution in [2.45, 2.75) is 18.9 Å². The van der Waals surface area contributed by atoms with Crippen molar-refractivity contribution in [3.8, 4) is 0 Å². The molecule has 0 bridgehead atoms. The van der Waals surface area contributed by atoms with Crippen molar-refractivity contribution in [3.63, 3.8) is 0 Å². The number of nitro groups is 1. The van der Waals surface area contributed by atoms with Crippen molar-refractivity contribution >= 4 is 27.9 Å². The molecular formula is C10H10N4O2S. The quantitative estimate of drug-likeness (QED) is 0.516. The zero-order chi connectivity index (χ0) is 11.8. The number of thiazole rings is 1. The van der Waals surface area contributed by atoms with Gasteiger partial charge in [0.2, 0.25) is 5.82 Å². The van der Waals surface area contributed by atoms with Crippen LogP contribution in [0.5, 0.6) is 0 Å². The molecule has 0 saturated heterocycles. The summed E-state index contributed by atoms with van der Waals surface area (Å²) in [6, 6.07) is 0.221. The monoisotopic (exact) mass is 250 g/mol. The van der Waals surface area contributed by atoms with E-state index in [0.717, 1.165) is 12.8 Å². The second kappa shape index (κ2) is 3.85. The third-order valence-electron chi connectivity index (χ3n) is 2.76. The van der Waals surface area contributed by atoms with Gasteiger partial charge in [-0.25, -0.2) is 0 Å². The average molecular weight is 250 g/mol. The van der Waals surface area contributed by atoms with Crippen LogP contribution in [0.4, 0.5) is 11.6 Å². The van der Waals surface area contributed by atoms with E-state index in [9.17, 15) is 10.1 Å². The van der Waals surface area contributed by atoms with E-state index in [1.807, 2.05) is 0 Å². The van der Waals surface area contributed by atoms with Crippen LogP contribution < -0.4 is 5.32 Å². The average Bonchev–Trinajstić information content (AvgIpc) is 2.92. The van der Waals surface area contributed by atoms with Crippen molar-refractivity contribution in [1.29, 1.82) is 0 Å². The second-order valence-corrected chi connectivity index (χ2v) is 4.75. The number of hydrogen-bond donors (Lipinski definition) is 1. The number of nitrogens with one attached hydrogen (secondary N) is 1. The maximum absolute atomic E-state index is 11.1. The van der Waals surface area contributed by atoms with E-state index in [0.29, 0.717) is 10.8 Å². The maximum Gasteiger partial charge on any atom is 0.372 e. The van der Waals surface area contributed by atoms with Crippen LogP contribution in [0.2, 0.25) is 0 Å². The van der Waals surface area contributed by atoms with Crippen molar-refractivity contribution in [2.75, 3.05) is 5.32 Å². The molecule has 0 amide bonds. The molecule has 88 valence electrons. The fourth-order valence-electron chi connectivity index (χ4n) is 1.97. The minimum absolute atomic E-state index is 0.0214. The van der Waals surface area contributed by atoms with Crippen molar-refractivity contribution in [2.24, 2.45) is 0 Å². The number of imidazole rings is 1. The van der Waals surface area contributed by atoms with Gasteiger partial charge in [0, 0.05) is 11.4 Å². The van der Waals surface area contributed by atoms with Crippen LogP contribution in [0.3, 0.4) is 0 Å². The van der Waals surface area contributed by atoms with Crippen LogP contribution in [-0.4, -0.2) is 20.3 Å². The Morgan fingerprint density at radius 1 is 1.53 bits per heavy atom. The van der Waals surface area contributed by atoms with Gasteiger partial charge >= 0.3 is 5.82 Å². The number of rotatable bonds is 3. The third kappa shape index (κ3) is 1.68. The lowest BCUT2D eigenvalue weighted by Gasteiger charge is -2.10. The smallest absolute Gasteiger partial charge is 0.360 e. The van der Waals surface area contributed by atoms with Gasteiger partial charge < -0.3 is 15.4 Å². The number of fused-ring (bicyclic) bond motifs is 1. The van der Waals surface area contributed by atoms with Crippen LogP contribution in [-0.2, 0) is 0 Å². The summed E-state index contributed by atoms with van der Waals surface area (Å²) in [5.41, 5.74) is 0. The number of hydrogen-bond acceptors (Lipinski definition) is 5. The Morgan fingerprint density at radius 2 is 2.29 bits per heavy atom. The summed E-state index contributed by atoms with van der Waals surface area (Å²) in [4.78, 5) is 15.6. The molecule has 2 aromatic rings. The first-order valence-electron chi connectivity index (χ1n) is 5.27. The van der Waals surface area contributed by atoms with Gasteiger partial charge in [0.05, 0.1) is 0 Å². The first-order chi connectivity index (χ1) is 8.25. The molecule has 0 fully saturated rings. The lowest BCUT2D eigenvalue weighted by Crippen LogP contribution is -2.16. The fourth-order valence-corrected chi connectivity index (χ4v) is 2.68. The Kier molecular flexibility index (Phi) is 2.32. The Balaban J connectivity index is 1.99. The molecule has 0 unspecified atom stereocenters. The van der Waals surface area contributed by atoms with Crippen LogP contribution in [0.1, 0.15) is 12.8 Å². The Labute approximate surface area is 101 Å². The standard InChI is InChI=1S/C10H10N4O2S/c15-14(16)9-8(11-7-3-1-2-4-7)12-10-13(9)5-6-17-10/h1-2,5-7,11H,3-4H2. The largest absolute Gasteiger partial charge is 0.372 e. The molecule has 0 aromatic carbocycles. The van der Waals surface area contributed by atoms with Crippen molar-refractivity contribution in [3.05, 3.63) is 33.8 Å². The normalized spacial score (nSPS) is 15.8. The first kappa shape index (κ1) is 10.3. The van der Waals surface area contributed by atoms with Crippen LogP contribution in [0.15, 0.2) is 23.7 Å². The SMILES string of the molecule is O=[N+]([O-])c1c(NC2CC=CC2)nc2sccn12. The molecule has 2 heterocycles. The summed E-state index contributed by atoms with van der Waals surface area (Å²) in [5, 5.41) is 16.0. The highest BCUT2D eigenvalue weighted by Crippen LogP contribution is 2.29. The highest BCUT2D eigenvalue weighted by Gasteiger charge is 2.25.